The number of ether oxygens (including phenoxy) is 1. The Morgan fingerprint density at radius 1 is 0.905 bits per heavy atom. The van der Waals surface area contributed by atoms with Crippen LogP contribution in [0.1, 0.15) is 41.8 Å². The third kappa shape index (κ3) is 4.45. The van der Waals surface area contributed by atoms with Crippen LogP contribution in [0.3, 0.4) is 0 Å². The molecule has 0 saturated heterocycles. The molecule has 0 atom stereocenters. The molecule has 0 aliphatic carbocycles. The third-order valence-corrected chi connectivity index (χ3v) is 3.52. The Bertz CT molecular complexity index is 568. The number of rotatable bonds is 7. The quantitative estimate of drug-likeness (QED) is 0.701. The first-order chi connectivity index (χ1) is 10.2. The summed E-state index contributed by atoms with van der Waals surface area (Å²) in [6.45, 7) is 4.34. The van der Waals surface area contributed by atoms with Crippen LogP contribution in [0.2, 0.25) is 0 Å². The molecule has 2 heteroatoms. The second-order valence-electron chi connectivity index (χ2n) is 5.16. The minimum atomic E-state index is 0.00953. The molecule has 2 nitrogen and oxygen atoms in total. The third-order valence-electron chi connectivity index (χ3n) is 3.52. The standard InChI is InChI=1S/C19H22O2/c1-3-5-16-8-12-18(13-9-16)21-14-19(20)17-10-6-15(4-2)7-11-17/h6-13H,3-5,14H2,1-2H3. The number of hydrogen-bond donors (Lipinski definition) is 0. The molecule has 110 valence electrons. The van der Waals surface area contributed by atoms with Crippen LogP contribution >= 0.6 is 0 Å². The molecule has 2 aromatic carbocycles. The lowest BCUT2D eigenvalue weighted by molar-refractivity contribution is 0.0921. The summed E-state index contributed by atoms with van der Waals surface area (Å²) < 4.78 is 5.56. The summed E-state index contributed by atoms with van der Waals surface area (Å²) in [4.78, 5) is 12.1. The zero-order valence-electron chi connectivity index (χ0n) is 12.8. The molecule has 2 aromatic rings. The predicted octanol–water partition coefficient (Wildman–Crippen LogP) is 4.46. The topological polar surface area (TPSA) is 26.3 Å². The van der Waals surface area contributed by atoms with Gasteiger partial charge in [0.15, 0.2) is 12.4 Å². The monoisotopic (exact) mass is 282 g/mol. The zero-order chi connectivity index (χ0) is 15.1. The van der Waals surface area contributed by atoms with Crippen molar-refractivity contribution >= 4 is 5.78 Å². The number of aryl methyl sites for hydroxylation is 2. The molecule has 0 fully saturated rings. The molecule has 0 heterocycles. The first kappa shape index (κ1) is 15.3. The van der Waals surface area contributed by atoms with Gasteiger partial charge in [-0.15, -0.1) is 0 Å². The van der Waals surface area contributed by atoms with Crippen molar-refractivity contribution < 1.29 is 9.53 Å². The normalized spacial score (nSPS) is 10.4. The van der Waals surface area contributed by atoms with E-state index in [2.05, 4.69) is 26.0 Å². The van der Waals surface area contributed by atoms with Gasteiger partial charge in [-0.25, -0.2) is 0 Å². The Kier molecular flexibility index (Phi) is 5.56. The van der Waals surface area contributed by atoms with Crippen molar-refractivity contribution in [2.24, 2.45) is 0 Å². The molecule has 0 spiro atoms. The van der Waals surface area contributed by atoms with Gasteiger partial charge in [0, 0.05) is 5.56 Å². The van der Waals surface area contributed by atoms with Crippen molar-refractivity contribution in [2.75, 3.05) is 6.61 Å². The number of carbonyl (C=O) groups excluding carboxylic acids is 1. The lowest BCUT2D eigenvalue weighted by Gasteiger charge is -2.07. The molecule has 0 aliphatic rings. The molecule has 0 aromatic heterocycles. The van der Waals surface area contributed by atoms with E-state index < -0.39 is 0 Å². The van der Waals surface area contributed by atoms with Gasteiger partial charge in [0.1, 0.15) is 5.75 Å². The predicted molar refractivity (Wildman–Crippen MR) is 86.1 cm³/mol. The largest absolute Gasteiger partial charge is 0.485 e. The summed E-state index contributed by atoms with van der Waals surface area (Å²) >= 11 is 0. The number of hydrogen-bond acceptors (Lipinski definition) is 2. The maximum atomic E-state index is 12.1. The summed E-state index contributed by atoms with van der Waals surface area (Å²) in [5.74, 6) is 0.753. The first-order valence-corrected chi connectivity index (χ1v) is 7.56. The second kappa shape index (κ2) is 7.63. The molecule has 0 unspecified atom stereocenters. The highest BCUT2D eigenvalue weighted by Gasteiger charge is 2.06. The maximum Gasteiger partial charge on any atom is 0.200 e. The highest BCUT2D eigenvalue weighted by atomic mass is 16.5. The van der Waals surface area contributed by atoms with E-state index in [-0.39, 0.29) is 12.4 Å². The van der Waals surface area contributed by atoms with E-state index in [0.29, 0.717) is 5.56 Å². The van der Waals surface area contributed by atoms with Gasteiger partial charge in [-0.05, 0) is 36.1 Å². The average Bonchev–Trinajstić information content (AvgIpc) is 2.54. The van der Waals surface area contributed by atoms with Gasteiger partial charge in [0.2, 0.25) is 0 Å². The number of ketones is 1. The Labute approximate surface area is 126 Å². The van der Waals surface area contributed by atoms with Crippen molar-refractivity contribution in [3.63, 3.8) is 0 Å². The Hall–Kier alpha value is -2.09. The lowest BCUT2D eigenvalue weighted by atomic mass is 10.1. The molecular weight excluding hydrogens is 260 g/mol. The highest BCUT2D eigenvalue weighted by molar-refractivity contribution is 5.97. The van der Waals surface area contributed by atoms with Crippen molar-refractivity contribution in [3.8, 4) is 5.75 Å². The van der Waals surface area contributed by atoms with Gasteiger partial charge in [-0.2, -0.15) is 0 Å². The Morgan fingerprint density at radius 3 is 2.10 bits per heavy atom. The van der Waals surface area contributed by atoms with Crippen LogP contribution in [0.5, 0.6) is 5.75 Å². The van der Waals surface area contributed by atoms with Crippen LogP contribution < -0.4 is 4.74 Å². The molecule has 0 radical (unpaired) electrons. The molecular formula is C19H22O2. The van der Waals surface area contributed by atoms with Gasteiger partial charge < -0.3 is 4.74 Å². The van der Waals surface area contributed by atoms with E-state index in [4.69, 9.17) is 4.74 Å². The van der Waals surface area contributed by atoms with Crippen LogP contribution in [0.15, 0.2) is 48.5 Å². The second-order valence-corrected chi connectivity index (χ2v) is 5.16. The van der Waals surface area contributed by atoms with Crippen LogP contribution in [0.4, 0.5) is 0 Å². The molecule has 2 rings (SSSR count). The minimum absolute atomic E-state index is 0.00953. The number of carbonyl (C=O) groups is 1. The van der Waals surface area contributed by atoms with Gasteiger partial charge in [-0.1, -0.05) is 56.7 Å². The fourth-order valence-corrected chi connectivity index (χ4v) is 2.20. The molecule has 0 saturated carbocycles. The maximum absolute atomic E-state index is 12.1. The summed E-state index contributed by atoms with van der Waals surface area (Å²) in [5, 5.41) is 0. The van der Waals surface area contributed by atoms with Crippen molar-refractivity contribution in [2.45, 2.75) is 33.1 Å². The van der Waals surface area contributed by atoms with E-state index in [0.717, 1.165) is 25.0 Å². The molecule has 0 amide bonds. The zero-order valence-corrected chi connectivity index (χ0v) is 12.8. The SMILES string of the molecule is CCCc1ccc(OCC(=O)c2ccc(CC)cc2)cc1. The van der Waals surface area contributed by atoms with E-state index in [1.807, 2.05) is 36.4 Å². The summed E-state index contributed by atoms with van der Waals surface area (Å²) in [5.41, 5.74) is 3.24. The summed E-state index contributed by atoms with van der Waals surface area (Å²) in [7, 11) is 0. The molecule has 0 N–H and O–H groups in total. The van der Waals surface area contributed by atoms with Crippen molar-refractivity contribution in [3.05, 3.63) is 65.2 Å². The molecule has 0 aliphatic heterocycles. The van der Waals surface area contributed by atoms with E-state index in [9.17, 15) is 4.79 Å². The minimum Gasteiger partial charge on any atom is -0.485 e. The average molecular weight is 282 g/mol. The Balaban J connectivity index is 1.90. The fraction of sp³-hybridized carbons (Fsp3) is 0.316. The number of benzene rings is 2. The smallest absolute Gasteiger partial charge is 0.200 e. The lowest BCUT2D eigenvalue weighted by Crippen LogP contribution is -2.11. The van der Waals surface area contributed by atoms with Gasteiger partial charge >= 0.3 is 0 Å². The number of Topliss-reactive ketones (excluding diaryl/α,β-unsaturated/α-hetero) is 1. The Morgan fingerprint density at radius 2 is 1.52 bits per heavy atom. The highest BCUT2D eigenvalue weighted by Crippen LogP contribution is 2.14. The van der Waals surface area contributed by atoms with Crippen molar-refractivity contribution in [1.29, 1.82) is 0 Å². The first-order valence-electron chi connectivity index (χ1n) is 7.56. The van der Waals surface area contributed by atoms with E-state index in [1.54, 1.807) is 0 Å². The van der Waals surface area contributed by atoms with Crippen LogP contribution in [-0.4, -0.2) is 12.4 Å². The van der Waals surface area contributed by atoms with Gasteiger partial charge in [0.25, 0.3) is 0 Å². The van der Waals surface area contributed by atoms with Gasteiger partial charge in [-0.3, -0.25) is 4.79 Å². The van der Waals surface area contributed by atoms with E-state index in [1.165, 1.54) is 11.1 Å². The van der Waals surface area contributed by atoms with Crippen LogP contribution in [-0.2, 0) is 12.8 Å². The van der Waals surface area contributed by atoms with Gasteiger partial charge in [0.05, 0.1) is 0 Å². The summed E-state index contributed by atoms with van der Waals surface area (Å²) in [6.07, 6.45) is 3.19. The van der Waals surface area contributed by atoms with Crippen LogP contribution in [0.25, 0.3) is 0 Å². The van der Waals surface area contributed by atoms with Crippen molar-refractivity contribution in [1.82, 2.24) is 0 Å². The van der Waals surface area contributed by atoms with Crippen LogP contribution in [0, 0.1) is 0 Å². The van der Waals surface area contributed by atoms with E-state index >= 15 is 0 Å². The fourth-order valence-electron chi connectivity index (χ4n) is 2.20. The molecule has 0 bridgehead atoms. The molecule has 21 heavy (non-hydrogen) atoms. The summed E-state index contributed by atoms with van der Waals surface area (Å²) in [6, 6.07) is 15.7.